The topological polar surface area (TPSA) is 83.6 Å². The van der Waals surface area contributed by atoms with Gasteiger partial charge >= 0.3 is 6.18 Å². The molecular weight excluding hydrogens is 518 g/mol. The highest BCUT2D eigenvalue weighted by Crippen LogP contribution is 2.32. The summed E-state index contributed by atoms with van der Waals surface area (Å²) in [5, 5.41) is 16.4. The molecule has 0 unspecified atom stereocenters. The van der Waals surface area contributed by atoms with E-state index in [2.05, 4.69) is 31.3 Å². The molecule has 172 valence electrons. The van der Waals surface area contributed by atoms with Crippen molar-refractivity contribution in [1.29, 1.82) is 5.26 Å². The number of carbonyl (C=O) groups is 1. The van der Waals surface area contributed by atoms with E-state index in [0.717, 1.165) is 0 Å². The van der Waals surface area contributed by atoms with E-state index in [1.807, 2.05) is 6.07 Å². The van der Waals surface area contributed by atoms with Crippen LogP contribution in [-0.2, 0) is 12.7 Å². The molecule has 0 aliphatic rings. The first kappa shape index (κ1) is 23.4. The molecule has 4 aromatic rings. The van der Waals surface area contributed by atoms with E-state index in [1.54, 1.807) is 19.1 Å². The first-order chi connectivity index (χ1) is 16.1. The summed E-state index contributed by atoms with van der Waals surface area (Å²) in [5.41, 5.74) is -0.400. The summed E-state index contributed by atoms with van der Waals surface area (Å²) in [6, 6.07) is 12.6. The van der Waals surface area contributed by atoms with Crippen LogP contribution in [0.3, 0.4) is 0 Å². The van der Waals surface area contributed by atoms with Crippen LogP contribution in [0.25, 0.3) is 10.9 Å². The minimum absolute atomic E-state index is 0.00703. The van der Waals surface area contributed by atoms with Crippen molar-refractivity contribution >= 4 is 38.4 Å². The number of nitrogens with one attached hydrogen (secondary N) is 1. The number of anilines is 1. The molecule has 34 heavy (non-hydrogen) atoms. The number of amides is 1. The molecule has 0 aliphatic carbocycles. The SMILES string of the molecule is Cc1c(NC(=O)c2cc(C(F)(F)F)nc3ccc(Br)cc23)c(C#N)nn1Cc1ccc(F)cc1. The molecule has 4 rings (SSSR count). The Balaban J connectivity index is 1.74. The predicted octanol–water partition coefficient (Wildman–Crippen LogP) is 5.83. The van der Waals surface area contributed by atoms with E-state index in [0.29, 0.717) is 21.8 Å². The van der Waals surface area contributed by atoms with Gasteiger partial charge in [0.25, 0.3) is 5.91 Å². The van der Waals surface area contributed by atoms with Crippen molar-refractivity contribution < 1.29 is 22.4 Å². The van der Waals surface area contributed by atoms with Gasteiger partial charge < -0.3 is 5.32 Å². The van der Waals surface area contributed by atoms with E-state index in [-0.39, 0.29) is 34.4 Å². The predicted molar refractivity (Wildman–Crippen MR) is 120 cm³/mol. The Morgan fingerprint density at radius 1 is 1.18 bits per heavy atom. The summed E-state index contributed by atoms with van der Waals surface area (Å²) in [7, 11) is 0. The first-order valence-corrected chi connectivity index (χ1v) is 10.6. The van der Waals surface area contributed by atoms with Crippen LogP contribution >= 0.6 is 15.9 Å². The number of rotatable bonds is 4. The second-order valence-electron chi connectivity index (χ2n) is 7.37. The van der Waals surface area contributed by atoms with Gasteiger partial charge in [0.05, 0.1) is 23.3 Å². The molecule has 1 N–H and O–H groups in total. The molecule has 0 spiro atoms. The first-order valence-electron chi connectivity index (χ1n) is 9.77. The number of halogens is 5. The van der Waals surface area contributed by atoms with Crippen molar-refractivity contribution in [3.63, 3.8) is 0 Å². The molecule has 2 aromatic carbocycles. The van der Waals surface area contributed by atoms with Crippen LogP contribution in [0.2, 0.25) is 0 Å². The Bertz CT molecular complexity index is 1460. The third-order valence-corrected chi connectivity index (χ3v) is 5.60. The number of hydrogen-bond acceptors (Lipinski definition) is 4. The van der Waals surface area contributed by atoms with Crippen LogP contribution < -0.4 is 5.32 Å². The Hall–Kier alpha value is -3.78. The number of alkyl halides is 3. The fourth-order valence-electron chi connectivity index (χ4n) is 3.40. The summed E-state index contributed by atoms with van der Waals surface area (Å²) in [4.78, 5) is 16.8. The lowest BCUT2D eigenvalue weighted by molar-refractivity contribution is -0.140. The molecule has 1 amide bonds. The van der Waals surface area contributed by atoms with Gasteiger partial charge in [-0.3, -0.25) is 9.48 Å². The van der Waals surface area contributed by atoms with Crippen molar-refractivity contribution in [3.8, 4) is 6.07 Å². The molecule has 0 saturated carbocycles. The maximum atomic E-state index is 13.4. The van der Waals surface area contributed by atoms with Gasteiger partial charge in [0, 0.05) is 9.86 Å². The molecule has 0 radical (unpaired) electrons. The lowest BCUT2D eigenvalue weighted by Crippen LogP contribution is -2.17. The number of nitrogens with zero attached hydrogens (tertiary/aromatic N) is 4. The van der Waals surface area contributed by atoms with Crippen LogP contribution in [0.1, 0.15) is 33.0 Å². The minimum atomic E-state index is -4.76. The van der Waals surface area contributed by atoms with Gasteiger partial charge in [-0.15, -0.1) is 0 Å². The zero-order valence-electron chi connectivity index (χ0n) is 17.4. The van der Waals surface area contributed by atoms with Gasteiger partial charge in [-0.05, 0) is 48.9 Å². The summed E-state index contributed by atoms with van der Waals surface area (Å²) >= 11 is 3.25. The number of nitriles is 1. The van der Waals surface area contributed by atoms with Crippen LogP contribution in [0.5, 0.6) is 0 Å². The molecule has 0 saturated heterocycles. The van der Waals surface area contributed by atoms with Crippen LogP contribution in [0.4, 0.5) is 23.2 Å². The Labute approximate surface area is 199 Å². The second-order valence-corrected chi connectivity index (χ2v) is 8.29. The number of fused-ring (bicyclic) bond motifs is 1. The number of carbonyl (C=O) groups excluding carboxylic acids is 1. The molecule has 0 aliphatic heterocycles. The third-order valence-electron chi connectivity index (χ3n) is 5.10. The van der Waals surface area contributed by atoms with E-state index >= 15 is 0 Å². The normalized spacial score (nSPS) is 11.4. The molecule has 11 heteroatoms. The van der Waals surface area contributed by atoms with Crippen LogP contribution in [0, 0.1) is 24.1 Å². The number of pyridine rings is 1. The third kappa shape index (κ3) is 4.63. The summed E-state index contributed by atoms with van der Waals surface area (Å²) < 4.78 is 55.4. The number of hydrogen-bond donors (Lipinski definition) is 1. The van der Waals surface area contributed by atoms with Gasteiger partial charge in [0.1, 0.15) is 23.3 Å². The summed E-state index contributed by atoms with van der Waals surface area (Å²) in [5.74, 6) is -1.25. The Morgan fingerprint density at radius 3 is 2.53 bits per heavy atom. The number of benzene rings is 2. The van der Waals surface area contributed by atoms with E-state index < -0.39 is 23.6 Å². The highest BCUT2D eigenvalue weighted by molar-refractivity contribution is 9.10. The van der Waals surface area contributed by atoms with E-state index in [9.17, 15) is 27.6 Å². The minimum Gasteiger partial charge on any atom is -0.318 e. The average Bonchev–Trinajstić information content (AvgIpc) is 3.08. The van der Waals surface area contributed by atoms with Crippen molar-refractivity contribution in [1.82, 2.24) is 14.8 Å². The van der Waals surface area contributed by atoms with E-state index in [4.69, 9.17) is 0 Å². The Morgan fingerprint density at radius 2 is 1.88 bits per heavy atom. The monoisotopic (exact) mass is 531 g/mol. The lowest BCUT2D eigenvalue weighted by atomic mass is 10.1. The van der Waals surface area contributed by atoms with Crippen molar-refractivity contribution in [2.75, 3.05) is 5.32 Å². The molecule has 2 aromatic heterocycles. The Kier molecular flexibility index (Phi) is 6.10. The molecule has 6 nitrogen and oxygen atoms in total. The average molecular weight is 532 g/mol. The van der Waals surface area contributed by atoms with Crippen molar-refractivity contribution in [2.24, 2.45) is 0 Å². The maximum absolute atomic E-state index is 13.4. The molecular formula is C23H14BrF4N5O. The van der Waals surface area contributed by atoms with Crippen molar-refractivity contribution in [3.05, 3.63) is 87.0 Å². The fourth-order valence-corrected chi connectivity index (χ4v) is 3.76. The fraction of sp³-hybridized carbons (Fsp3) is 0.130. The van der Waals surface area contributed by atoms with Gasteiger partial charge in [0.15, 0.2) is 5.69 Å². The number of aromatic nitrogens is 3. The summed E-state index contributed by atoms with van der Waals surface area (Å²) in [6.07, 6.45) is -4.76. The van der Waals surface area contributed by atoms with E-state index in [1.165, 1.54) is 35.0 Å². The van der Waals surface area contributed by atoms with Gasteiger partial charge in [-0.25, -0.2) is 9.37 Å². The molecule has 0 bridgehead atoms. The molecule has 0 atom stereocenters. The van der Waals surface area contributed by atoms with Crippen LogP contribution in [0.15, 0.2) is 53.0 Å². The largest absolute Gasteiger partial charge is 0.433 e. The van der Waals surface area contributed by atoms with Crippen LogP contribution in [-0.4, -0.2) is 20.7 Å². The van der Waals surface area contributed by atoms with Gasteiger partial charge in [0.2, 0.25) is 0 Å². The highest BCUT2D eigenvalue weighted by atomic mass is 79.9. The quantitative estimate of drug-likeness (QED) is 0.335. The smallest absolute Gasteiger partial charge is 0.318 e. The zero-order valence-corrected chi connectivity index (χ0v) is 19.0. The van der Waals surface area contributed by atoms with Gasteiger partial charge in [-0.1, -0.05) is 28.1 Å². The molecule has 0 fully saturated rings. The maximum Gasteiger partial charge on any atom is 0.433 e. The highest BCUT2D eigenvalue weighted by Gasteiger charge is 2.34. The zero-order chi connectivity index (χ0) is 24.6. The second kappa shape index (κ2) is 8.87. The standard InChI is InChI=1S/C23H14BrF4N5O/c1-12-21(19(10-29)32-33(12)11-13-2-5-15(25)6-3-13)31-22(34)17-9-20(23(26,27)28)30-18-7-4-14(24)8-16(17)18/h2-9H,11H2,1H3,(H,31,34). The molecule has 2 heterocycles. The summed E-state index contributed by atoms with van der Waals surface area (Å²) in [6.45, 7) is 1.80. The van der Waals surface area contributed by atoms with Gasteiger partial charge in [-0.2, -0.15) is 23.5 Å². The lowest BCUT2D eigenvalue weighted by Gasteiger charge is -2.12. The van der Waals surface area contributed by atoms with Crippen molar-refractivity contribution in [2.45, 2.75) is 19.6 Å².